The van der Waals surface area contributed by atoms with Gasteiger partial charge in [0, 0.05) is 29.6 Å². The van der Waals surface area contributed by atoms with Gasteiger partial charge in [-0.25, -0.2) is 9.40 Å². The van der Waals surface area contributed by atoms with Crippen LogP contribution in [0, 0.1) is 5.82 Å². The number of methoxy groups -OCH3 is 1. The first-order valence-corrected chi connectivity index (χ1v) is 12.8. The minimum atomic E-state index is -0.677. The lowest BCUT2D eigenvalue weighted by atomic mass is 9.98. The number of hydrogen-bond donors (Lipinski definition) is 1. The summed E-state index contributed by atoms with van der Waals surface area (Å²) >= 11 is 7.25. The van der Waals surface area contributed by atoms with Crippen LogP contribution < -0.4 is 10.1 Å². The highest BCUT2D eigenvalue weighted by Gasteiger charge is 2.39. The van der Waals surface area contributed by atoms with Gasteiger partial charge < -0.3 is 10.1 Å². The molecule has 10 heteroatoms. The third-order valence-electron chi connectivity index (χ3n) is 5.99. The van der Waals surface area contributed by atoms with E-state index in [2.05, 4.69) is 10.3 Å². The van der Waals surface area contributed by atoms with E-state index in [1.165, 1.54) is 23.9 Å². The van der Waals surface area contributed by atoms with Crippen molar-refractivity contribution < 1.29 is 18.7 Å². The van der Waals surface area contributed by atoms with Crippen molar-refractivity contribution in [3.63, 3.8) is 0 Å². The summed E-state index contributed by atoms with van der Waals surface area (Å²) in [5.41, 5.74) is 3.10. The minimum absolute atomic E-state index is 0.0451. The van der Waals surface area contributed by atoms with E-state index in [0.717, 1.165) is 16.8 Å². The maximum Gasteiger partial charge on any atom is 0.262 e. The van der Waals surface area contributed by atoms with Gasteiger partial charge >= 0.3 is 0 Å². The molecule has 0 aromatic heterocycles. The van der Waals surface area contributed by atoms with Crippen molar-refractivity contribution in [1.82, 2.24) is 5.01 Å². The molecule has 2 heterocycles. The Morgan fingerprint density at radius 1 is 1.16 bits per heavy atom. The molecule has 2 amide bonds. The SMILES string of the molecule is COc1cccc(NC(=O)C[C@H]2SC(N3N=C(c4ccc(Cl)cc4)C[C@H]3c3ccc(F)cc3)=NC2=O)c1. The molecule has 0 unspecified atom stereocenters. The number of hydrogen-bond acceptors (Lipinski definition) is 6. The number of aliphatic imine (C=N–C) groups is 1. The lowest BCUT2D eigenvalue weighted by molar-refractivity contribution is -0.121. The van der Waals surface area contributed by atoms with Gasteiger partial charge in [0.25, 0.3) is 5.91 Å². The third kappa shape index (κ3) is 5.68. The number of amidine groups is 1. The second kappa shape index (κ2) is 10.7. The van der Waals surface area contributed by atoms with Crippen LogP contribution >= 0.6 is 23.4 Å². The molecule has 2 aliphatic rings. The van der Waals surface area contributed by atoms with Crippen molar-refractivity contribution in [3.8, 4) is 5.75 Å². The number of carbonyl (C=O) groups is 2. The monoisotopic (exact) mass is 536 g/mol. The third-order valence-corrected chi connectivity index (χ3v) is 7.39. The standard InChI is InChI=1S/C27H22ClFN4O3S/c1-36-21-4-2-3-20(13-21)30-25(34)15-24-26(35)31-27(37-24)33-23(17-7-11-19(29)12-8-17)14-22(32-33)16-5-9-18(28)10-6-16/h2-13,23-24H,14-15H2,1H3,(H,30,34)/t23-,24+/m0/s1. The maximum absolute atomic E-state index is 13.6. The molecule has 0 spiro atoms. The highest BCUT2D eigenvalue weighted by molar-refractivity contribution is 8.15. The average molecular weight is 537 g/mol. The quantitative estimate of drug-likeness (QED) is 0.439. The molecule has 3 aromatic carbocycles. The van der Waals surface area contributed by atoms with Crippen molar-refractivity contribution in [1.29, 1.82) is 0 Å². The van der Waals surface area contributed by atoms with Crippen molar-refractivity contribution in [2.75, 3.05) is 12.4 Å². The van der Waals surface area contributed by atoms with Crippen LogP contribution in [0.3, 0.4) is 0 Å². The van der Waals surface area contributed by atoms with Gasteiger partial charge in [-0.1, -0.05) is 53.7 Å². The van der Waals surface area contributed by atoms with Gasteiger partial charge in [0.05, 0.1) is 18.9 Å². The number of benzene rings is 3. The minimum Gasteiger partial charge on any atom is -0.497 e. The number of nitrogens with zero attached hydrogens (tertiary/aromatic N) is 3. The summed E-state index contributed by atoms with van der Waals surface area (Å²) in [7, 11) is 1.55. The molecule has 37 heavy (non-hydrogen) atoms. The zero-order chi connectivity index (χ0) is 25.9. The first-order valence-electron chi connectivity index (χ1n) is 11.5. The molecule has 7 nitrogen and oxygen atoms in total. The predicted octanol–water partition coefficient (Wildman–Crippen LogP) is 5.67. The van der Waals surface area contributed by atoms with E-state index in [-0.39, 0.29) is 24.2 Å². The van der Waals surface area contributed by atoms with Gasteiger partial charge in [-0.2, -0.15) is 10.1 Å². The number of anilines is 1. The van der Waals surface area contributed by atoms with Crippen molar-refractivity contribution in [2.45, 2.75) is 24.1 Å². The molecule has 0 fully saturated rings. The lowest BCUT2D eigenvalue weighted by Crippen LogP contribution is -2.25. The van der Waals surface area contributed by atoms with Crippen LogP contribution in [0.2, 0.25) is 5.02 Å². The van der Waals surface area contributed by atoms with Gasteiger partial charge in [0.1, 0.15) is 16.8 Å². The second-order valence-corrected chi connectivity index (χ2v) is 10.1. The highest BCUT2D eigenvalue weighted by Crippen LogP contribution is 2.38. The molecule has 2 aliphatic heterocycles. The molecule has 5 rings (SSSR count). The first kappa shape index (κ1) is 25.0. The van der Waals surface area contributed by atoms with E-state index < -0.39 is 11.2 Å². The van der Waals surface area contributed by atoms with Crippen LogP contribution in [-0.2, 0) is 9.59 Å². The van der Waals surface area contributed by atoms with Crippen LogP contribution in [-0.4, -0.2) is 40.1 Å². The molecule has 0 bridgehead atoms. The molecule has 1 N–H and O–H groups in total. The smallest absolute Gasteiger partial charge is 0.262 e. The Bertz CT molecular complexity index is 1400. The summed E-state index contributed by atoms with van der Waals surface area (Å²) in [5, 5.41) is 9.62. The average Bonchev–Trinajstić information content (AvgIpc) is 3.49. The van der Waals surface area contributed by atoms with E-state index in [1.807, 2.05) is 12.1 Å². The molecule has 0 saturated heterocycles. The van der Waals surface area contributed by atoms with E-state index in [0.29, 0.717) is 28.0 Å². The Balaban J connectivity index is 1.34. The molecule has 0 saturated carbocycles. The van der Waals surface area contributed by atoms with Crippen LogP contribution in [0.15, 0.2) is 82.9 Å². The summed E-state index contributed by atoms with van der Waals surface area (Å²) in [6.45, 7) is 0. The number of ether oxygens (including phenoxy) is 1. The van der Waals surface area contributed by atoms with Gasteiger partial charge in [0.2, 0.25) is 5.91 Å². The van der Waals surface area contributed by atoms with Crippen LogP contribution in [0.5, 0.6) is 5.75 Å². The Hall–Kier alpha value is -3.69. The molecule has 2 atom stereocenters. The molecule has 188 valence electrons. The van der Waals surface area contributed by atoms with E-state index in [9.17, 15) is 14.0 Å². The Labute approximate surface area is 222 Å². The van der Waals surface area contributed by atoms with E-state index >= 15 is 0 Å². The van der Waals surface area contributed by atoms with Gasteiger partial charge in [-0.15, -0.1) is 0 Å². The van der Waals surface area contributed by atoms with Gasteiger partial charge in [0.15, 0.2) is 5.17 Å². The molecule has 3 aromatic rings. The zero-order valence-electron chi connectivity index (χ0n) is 19.7. The molecule has 0 aliphatic carbocycles. The Morgan fingerprint density at radius 2 is 1.92 bits per heavy atom. The largest absolute Gasteiger partial charge is 0.497 e. The number of halogens is 2. The number of nitrogens with one attached hydrogen (secondary N) is 1. The Morgan fingerprint density at radius 3 is 2.65 bits per heavy atom. The van der Waals surface area contributed by atoms with Crippen LogP contribution in [0.25, 0.3) is 0 Å². The van der Waals surface area contributed by atoms with E-state index in [1.54, 1.807) is 60.6 Å². The summed E-state index contributed by atoms with van der Waals surface area (Å²) in [4.78, 5) is 29.7. The van der Waals surface area contributed by atoms with E-state index in [4.69, 9.17) is 21.4 Å². The van der Waals surface area contributed by atoms with Crippen molar-refractivity contribution >= 4 is 51.7 Å². The number of thioether (sulfide) groups is 1. The molecular formula is C27H22ClFN4O3S. The summed E-state index contributed by atoms with van der Waals surface area (Å²) in [5.74, 6) is -0.423. The first-order chi connectivity index (χ1) is 17.9. The number of rotatable bonds is 6. The fraction of sp³-hybridized carbons (Fsp3) is 0.185. The summed E-state index contributed by atoms with van der Waals surface area (Å²) < 4.78 is 18.8. The van der Waals surface area contributed by atoms with Crippen molar-refractivity contribution in [2.24, 2.45) is 10.1 Å². The highest BCUT2D eigenvalue weighted by atomic mass is 35.5. The number of hydrazone groups is 1. The topological polar surface area (TPSA) is 83.4 Å². The summed E-state index contributed by atoms with van der Waals surface area (Å²) in [6, 6.07) is 20.3. The Kier molecular flexibility index (Phi) is 7.25. The second-order valence-electron chi connectivity index (χ2n) is 8.49. The van der Waals surface area contributed by atoms with Crippen LogP contribution in [0.4, 0.5) is 10.1 Å². The van der Waals surface area contributed by atoms with Gasteiger partial charge in [-0.05, 0) is 47.5 Å². The number of amides is 2. The fourth-order valence-corrected chi connectivity index (χ4v) is 5.32. The molecule has 0 radical (unpaired) electrons. The zero-order valence-corrected chi connectivity index (χ0v) is 21.3. The normalized spacial score (nSPS) is 19.0. The van der Waals surface area contributed by atoms with Gasteiger partial charge in [-0.3, -0.25) is 9.59 Å². The molecular weight excluding hydrogens is 515 g/mol. The van der Waals surface area contributed by atoms with Crippen molar-refractivity contribution in [3.05, 3.63) is 94.8 Å². The maximum atomic E-state index is 13.6. The predicted molar refractivity (Wildman–Crippen MR) is 144 cm³/mol. The number of carbonyl (C=O) groups excluding carboxylic acids is 2. The fourth-order valence-electron chi connectivity index (χ4n) is 4.13. The summed E-state index contributed by atoms with van der Waals surface area (Å²) in [6.07, 6.45) is 0.485. The van der Waals surface area contributed by atoms with Crippen LogP contribution in [0.1, 0.15) is 30.0 Å². The lowest BCUT2D eigenvalue weighted by Gasteiger charge is -2.23.